The number of methoxy groups -OCH3 is 2. The summed E-state index contributed by atoms with van der Waals surface area (Å²) >= 11 is 0. The van der Waals surface area contributed by atoms with E-state index in [2.05, 4.69) is 4.74 Å². The van der Waals surface area contributed by atoms with Crippen molar-refractivity contribution in [1.82, 2.24) is 4.57 Å². The van der Waals surface area contributed by atoms with E-state index in [0.717, 1.165) is 22.2 Å². The van der Waals surface area contributed by atoms with Crippen LogP contribution in [0.1, 0.15) is 12.0 Å². The molecule has 0 radical (unpaired) electrons. The van der Waals surface area contributed by atoms with Gasteiger partial charge in [-0.1, -0.05) is 6.07 Å². The standard InChI is InChI=1S/C14H17NO3/c1-15-9-10(7-8-13(16)18-3)14-11(15)5-4-6-12(14)17-2/h4-6,9H,7-8H2,1-3H3. The number of esters is 1. The van der Waals surface area contributed by atoms with Gasteiger partial charge in [0, 0.05) is 25.1 Å². The Bertz CT molecular complexity index is 572. The summed E-state index contributed by atoms with van der Waals surface area (Å²) in [6, 6.07) is 5.94. The number of fused-ring (bicyclic) bond motifs is 1. The first-order valence-electron chi connectivity index (χ1n) is 5.85. The van der Waals surface area contributed by atoms with Crippen molar-refractivity contribution < 1.29 is 14.3 Å². The topological polar surface area (TPSA) is 40.5 Å². The van der Waals surface area contributed by atoms with Gasteiger partial charge in [-0.05, 0) is 24.1 Å². The van der Waals surface area contributed by atoms with Crippen molar-refractivity contribution in [3.8, 4) is 5.75 Å². The number of benzene rings is 1. The average molecular weight is 247 g/mol. The van der Waals surface area contributed by atoms with Crippen molar-refractivity contribution >= 4 is 16.9 Å². The van der Waals surface area contributed by atoms with Gasteiger partial charge in [0.05, 0.1) is 19.7 Å². The molecule has 0 unspecified atom stereocenters. The van der Waals surface area contributed by atoms with Gasteiger partial charge in [0.25, 0.3) is 0 Å². The van der Waals surface area contributed by atoms with Crippen LogP contribution in [0, 0.1) is 0 Å². The zero-order chi connectivity index (χ0) is 13.1. The van der Waals surface area contributed by atoms with Gasteiger partial charge in [0.15, 0.2) is 0 Å². The molecule has 0 aliphatic rings. The Morgan fingerprint density at radius 1 is 1.33 bits per heavy atom. The monoisotopic (exact) mass is 247 g/mol. The van der Waals surface area contributed by atoms with Gasteiger partial charge in [-0.2, -0.15) is 0 Å². The summed E-state index contributed by atoms with van der Waals surface area (Å²) in [6.07, 6.45) is 3.08. The Labute approximate surface area is 106 Å². The number of hydrogen-bond donors (Lipinski definition) is 0. The van der Waals surface area contributed by atoms with Gasteiger partial charge in [0.1, 0.15) is 5.75 Å². The van der Waals surface area contributed by atoms with E-state index in [0.29, 0.717) is 12.8 Å². The Hall–Kier alpha value is -1.97. The Morgan fingerprint density at radius 3 is 2.78 bits per heavy atom. The first-order chi connectivity index (χ1) is 8.67. The molecule has 0 bridgehead atoms. The smallest absolute Gasteiger partial charge is 0.305 e. The number of ether oxygens (including phenoxy) is 2. The molecule has 96 valence electrons. The molecular formula is C14H17NO3. The zero-order valence-corrected chi connectivity index (χ0v) is 10.9. The molecule has 1 aromatic carbocycles. The Morgan fingerprint density at radius 2 is 2.11 bits per heavy atom. The van der Waals surface area contributed by atoms with E-state index < -0.39 is 0 Å². The lowest BCUT2D eigenvalue weighted by Gasteiger charge is -2.04. The molecule has 4 nitrogen and oxygen atoms in total. The summed E-state index contributed by atoms with van der Waals surface area (Å²) in [7, 11) is 5.06. The van der Waals surface area contributed by atoms with Crippen LogP contribution in [0.15, 0.2) is 24.4 Å². The second-order valence-corrected chi connectivity index (χ2v) is 4.20. The molecule has 1 heterocycles. The maximum absolute atomic E-state index is 11.2. The van der Waals surface area contributed by atoms with Crippen LogP contribution in [0.4, 0.5) is 0 Å². The van der Waals surface area contributed by atoms with Gasteiger partial charge in [-0.3, -0.25) is 4.79 Å². The highest BCUT2D eigenvalue weighted by Gasteiger charge is 2.12. The highest BCUT2D eigenvalue weighted by molar-refractivity contribution is 5.90. The van der Waals surface area contributed by atoms with E-state index in [4.69, 9.17) is 4.74 Å². The molecule has 0 N–H and O–H groups in total. The van der Waals surface area contributed by atoms with Crippen LogP contribution in [-0.2, 0) is 23.0 Å². The highest BCUT2D eigenvalue weighted by Crippen LogP contribution is 2.30. The van der Waals surface area contributed by atoms with Gasteiger partial charge >= 0.3 is 5.97 Å². The third-order valence-electron chi connectivity index (χ3n) is 3.10. The molecule has 0 saturated carbocycles. The minimum Gasteiger partial charge on any atom is -0.496 e. The summed E-state index contributed by atoms with van der Waals surface area (Å²) in [6.45, 7) is 0. The number of aromatic nitrogens is 1. The highest BCUT2D eigenvalue weighted by atomic mass is 16.5. The van der Waals surface area contributed by atoms with Crippen molar-refractivity contribution in [2.24, 2.45) is 7.05 Å². The Balaban J connectivity index is 2.41. The molecular weight excluding hydrogens is 230 g/mol. The SMILES string of the molecule is COC(=O)CCc1cn(C)c2cccc(OC)c12. The van der Waals surface area contributed by atoms with Crippen molar-refractivity contribution in [1.29, 1.82) is 0 Å². The van der Waals surface area contributed by atoms with Crippen molar-refractivity contribution in [2.45, 2.75) is 12.8 Å². The molecule has 18 heavy (non-hydrogen) atoms. The zero-order valence-electron chi connectivity index (χ0n) is 10.9. The molecule has 2 rings (SSSR count). The first-order valence-corrected chi connectivity index (χ1v) is 5.85. The summed E-state index contributed by atoms with van der Waals surface area (Å²) in [5.41, 5.74) is 2.21. The summed E-state index contributed by atoms with van der Waals surface area (Å²) in [5, 5.41) is 1.08. The summed E-state index contributed by atoms with van der Waals surface area (Å²) in [5.74, 6) is 0.648. The Kier molecular flexibility index (Phi) is 3.55. The predicted octanol–water partition coefficient (Wildman–Crippen LogP) is 2.29. The summed E-state index contributed by atoms with van der Waals surface area (Å²) in [4.78, 5) is 11.2. The van der Waals surface area contributed by atoms with Gasteiger partial charge in [-0.15, -0.1) is 0 Å². The first kappa shape index (κ1) is 12.5. The fraction of sp³-hybridized carbons (Fsp3) is 0.357. The van der Waals surface area contributed by atoms with Gasteiger partial charge in [0.2, 0.25) is 0 Å². The second kappa shape index (κ2) is 5.12. The maximum atomic E-state index is 11.2. The lowest BCUT2D eigenvalue weighted by Crippen LogP contribution is -2.01. The number of aryl methyl sites for hydroxylation is 2. The van der Waals surface area contributed by atoms with E-state index in [9.17, 15) is 4.79 Å². The third-order valence-corrected chi connectivity index (χ3v) is 3.10. The van der Waals surface area contributed by atoms with Crippen LogP contribution in [0.5, 0.6) is 5.75 Å². The van der Waals surface area contributed by atoms with Crippen molar-refractivity contribution in [3.05, 3.63) is 30.0 Å². The molecule has 2 aromatic rings. The quantitative estimate of drug-likeness (QED) is 0.778. The van der Waals surface area contributed by atoms with Crippen LogP contribution in [0.25, 0.3) is 10.9 Å². The van der Waals surface area contributed by atoms with Gasteiger partial charge < -0.3 is 14.0 Å². The predicted molar refractivity (Wildman–Crippen MR) is 69.8 cm³/mol. The number of carbonyl (C=O) groups excluding carboxylic acids is 1. The largest absolute Gasteiger partial charge is 0.496 e. The minimum atomic E-state index is -0.193. The van der Waals surface area contributed by atoms with Gasteiger partial charge in [-0.25, -0.2) is 0 Å². The van der Waals surface area contributed by atoms with Crippen LogP contribution in [0.3, 0.4) is 0 Å². The average Bonchev–Trinajstić information content (AvgIpc) is 2.73. The van der Waals surface area contributed by atoms with Crippen LogP contribution in [0.2, 0.25) is 0 Å². The lowest BCUT2D eigenvalue weighted by atomic mass is 10.1. The molecule has 0 saturated heterocycles. The number of rotatable bonds is 4. The summed E-state index contributed by atoms with van der Waals surface area (Å²) < 4.78 is 12.1. The normalized spacial score (nSPS) is 10.6. The van der Waals surface area contributed by atoms with Crippen LogP contribution in [-0.4, -0.2) is 24.8 Å². The fourth-order valence-electron chi connectivity index (χ4n) is 2.20. The second-order valence-electron chi connectivity index (χ2n) is 4.20. The van der Waals surface area contributed by atoms with E-state index in [-0.39, 0.29) is 5.97 Å². The van der Waals surface area contributed by atoms with E-state index >= 15 is 0 Å². The minimum absolute atomic E-state index is 0.193. The number of hydrogen-bond acceptors (Lipinski definition) is 3. The molecule has 0 aliphatic heterocycles. The maximum Gasteiger partial charge on any atom is 0.305 e. The molecule has 0 spiro atoms. The van der Waals surface area contributed by atoms with Crippen molar-refractivity contribution in [3.63, 3.8) is 0 Å². The van der Waals surface area contributed by atoms with Crippen LogP contribution >= 0.6 is 0 Å². The molecule has 1 aromatic heterocycles. The van der Waals surface area contributed by atoms with Crippen molar-refractivity contribution in [2.75, 3.05) is 14.2 Å². The lowest BCUT2D eigenvalue weighted by molar-refractivity contribution is -0.140. The molecule has 0 atom stereocenters. The van der Waals surface area contributed by atoms with E-state index in [1.165, 1.54) is 7.11 Å². The molecule has 0 fully saturated rings. The molecule has 4 heteroatoms. The number of nitrogens with zero attached hydrogens (tertiary/aromatic N) is 1. The van der Waals surface area contributed by atoms with E-state index in [1.54, 1.807) is 7.11 Å². The molecule has 0 aliphatic carbocycles. The third kappa shape index (κ3) is 2.18. The number of carbonyl (C=O) groups is 1. The van der Waals surface area contributed by atoms with E-state index in [1.807, 2.05) is 36.0 Å². The molecule has 0 amide bonds. The van der Waals surface area contributed by atoms with Crippen LogP contribution < -0.4 is 4.74 Å². The fourth-order valence-corrected chi connectivity index (χ4v) is 2.20.